The van der Waals surface area contributed by atoms with Gasteiger partial charge in [-0.1, -0.05) is 36.9 Å². The Bertz CT molecular complexity index is 9220. The van der Waals surface area contributed by atoms with E-state index in [4.69, 9.17) is 6.57 Å². The lowest BCUT2D eigenvalue weighted by molar-refractivity contribution is -0.138. The molecule has 698 valence electrons. The van der Waals surface area contributed by atoms with Gasteiger partial charge in [-0.2, -0.15) is 52.7 Å². The van der Waals surface area contributed by atoms with E-state index < -0.39 is 102 Å². The van der Waals surface area contributed by atoms with E-state index in [0.29, 0.717) is 67.3 Å². The van der Waals surface area contributed by atoms with E-state index in [0.717, 1.165) is 84.1 Å². The van der Waals surface area contributed by atoms with E-state index in [9.17, 15) is 104 Å². The van der Waals surface area contributed by atoms with Crippen molar-refractivity contribution in [3.63, 3.8) is 0 Å². The molecule has 20 aromatic rings. The van der Waals surface area contributed by atoms with Gasteiger partial charge in [0, 0.05) is 84.0 Å². The topological polar surface area (TPSA) is 430 Å². The minimum atomic E-state index is -4.65. The highest BCUT2D eigenvalue weighted by Crippen LogP contribution is 2.39. The molecule has 0 spiro atoms. The first kappa shape index (κ1) is 93.9. The number of H-pyrrole nitrogens is 4. The third-order valence-electron chi connectivity index (χ3n) is 21.4. The second kappa shape index (κ2) is 36.7. The predicted molar refractivity (Wildman–Crippen MR) is 492 cm³/mol. The average Bonchev–Trinajstić information content (AvgIpc) is 0.752. The Morgan fingerprint density at radius 1 is 0.364 bits per heavy atom. The number of aromatic amines is 4. The minimum Gasteiger partial charge on any atom is -0.361 e. The fourth-order valence-electron chi connectivity index (χ4n) is 14.9. The number of Topliss-reactive ketones (excluding diaryl/α,β-unsaturated/α-hetero) is 1. The number of nitrogens with zero attached hydrogens (tertiary/aromatic N) is 17. The molecular formula is C94H55F12N21O11S2. The summed E-state index contributed by atoms with van der Waals surface area (Å²) in [5, 5.41) is 0.611. The van der Waals surface area contributed by atoms with E-state index >= 15 is 0 Å². The van der Waals surface area contributed by atoms with Crippen LogP contribution in [-0.4, -0.2) is 125 Å². The molecule has 4 N–H and O–H groups in total. The molecule has 0 saturated heterocycles. The van der Waals surface area contributed by atoms with Crippen LogP contribution < -0.4 is 45.0 Å². The van der Waals surface area contributed by atoms with Crippen LogP contribution in [0.25, 0.3) is 160 Å². The van der Waals surface area contributed by atoms with Gasteiger partial charge in [-0.05, 0) is 177 Å². The lowest BCUT2D eigenvalue weighted by atomic mass is 10.1. The normalized spacial score (nSPS) is 11.9. The number of nitrogens with one attached hydrogen (secondary N) is 4. The summed E-state index contributed by atoms with van der Waals surface area (Å²) in [5.74, 6) is 0.163. The van der Waals surface area contributed by atoms with E-state index in [2.05, 4.69) is 84.6 Å². The van der Waals surface area contributed by atoms with Gasteiger partial charge >= 0.3 is 47.5 Å². The highest BCUT2D eigenvalue weighted by atomic mass is 32.2. The maximum atomic E-state index is 13.4. The number of aromatic nitrogens is 20. The number of hydrogen-bond acceptors (Lipinski definition) is 24. The van der Waals surface area contributed by atoms with Crippen LogP contribution in [0.3, 0.4) is 0 Å². The molecule has 0 aliphatic rings. The Balaban J connectivity index is 0.000000129. The standard InChI is InChI=1S/C25H16F3N5O3.C23H11F3N6O2.C23H14F3N5O4S.C23H14F3N5O2S/c1-13(34)9-16-6-5-14(11-29-16)19-7-8-20-21(31-19)22-18(12-30-20)23(35)32-24(36)33(22)17-4-2-3-15(10-17)25(26,27)28;1-27-18-8-5-12(10-29-18)16-6-7-17-19(30-16)20-15(11-28-17)21(33)31-22(34)32(20)14-4-2-3-13(9-14)23(24,25)26;1-36(34,35)18-8-5-12(10-28-18)16-6-7-17-19(29-16)20-15(11-27-17)21(32)30-22(33)31(20)14-4-2-3-13(9-14)23(24,25)26;1-34-18-8-5-12(10-28-18)16-6-7-17-19(29-16)20-15(11-27-17)21(32)30-22(33)31(20)14-4-2-3-13(9-14)23(24,25)26/h2-8,10-12H,9H2,1H3,(H,32,35,36);2-11H,(H,31,33,34);2-11H,1H3,(H,30,32,33);2-11H,1H3,(H,30,32,33). The molecule has 0 bridgehead atoms. The summed E-state index contributed by atoms with van der Waals surface area (Å²) in [6.45, 7) is 8.48. The minimum absolute atomic E-state index is 0.0147. The Morgan fingerprint density at radius 2 is 0.657 bits per heavy atom. The van der Waals surface area contributed by atoms with Crippen molar-refractivity contribution < 1.29 is 65.9 Å². The lowest BCUT2D eigenvalue weighted by Crippen LogP contribution is -2.29. The first-order valence-electron chi connectivity index (χ1n) is 40.5. The van der Waals surface area contributed by atoms with E-state index in [1.807, 2.05) is 18.4 Å². The number of alkyl halides is 12. The Morgan fingerprint density at radius 3 is 0.900 bits per heavy atom. The van der Waals surface area contributed by atoms with Crippen LogP contribution in [0.2, 0.25) is 0 Å². The van der Waals surface area contributed by atoms with Crippen molar-refractivity contribution in [3.8, 4) is 67.8 Å². The van der Waals surface area contributed by atoms with Crippen molar-refractivity contribution in [1.82, 2.24) is 98.0 Å². The largest absolute Gasteiger partial charge is 0.416 e. The molecule has 4 aromatic carbocycles. The number of thioether (sulfide) groups is 1. The molecular weight excluding hydrogens is 1890 g/mol. The molecule has 0 aliphatic carbocycles. The number of carbonyl (C=O) groups is 1. The number of sulfone groups is 1. The van der Waals surface area contributed by atoms with E-state index in [1.54, 1.807) is 72.9 Å². The van der Waals surface area contributed by atoms with Gasteiger partial charge in [-0.3, -0.25) is 87.1 Å². The SMILES string of the molecule is CC(=O)Cc1ccc(-c2ccc3ncc4c(=O)[nH]c(=O)n(-c5cccc(C(F)(F)F)c5)c4c3n2)cn1.CS(=O)(=O)c1ccc(-c2ccc3ncc4c(=O)[nH]c(=O)n(-c5cccc(C(F)(F)F)c5)c4c3n2)cn1.CSc1ccc(-c2ccc3ncc4c(=O)[nH]c(=O)n(-c5cccc(C(F)(F)F)c5)c4c3n2)cn1.[C-]#[N+]c1ccc(-c2ccc3ncc4c(=O)[nH]c(=O)n(-c5cccc(C(F)(F)F)c5)c4c3n2)cn1. The van der Waals surface area contributed by atoms with Crippen LogP contribution in [0, 0.1) is 6.57 Å². The van der Waals surface area contributed by atoms with Crippen molar-refractivity contribution in [3.05, 3.63) is 366 Å². The van der Waals surface area contributed by atoms with Crippen molar-refractivity contribution in [1.29, 1.82) is 0 Å². The number of pyridine rings is 12. The van der Waals surface area contributed by atoms with Gasteiger partial charge in [0.1, 0.15) is 34.0 Å². The molecule has 0 fully saturated rings. The Hall–Kier alpha value is -17.9. The third-order valence-corrected chi connectivity index (χ3v) is 23.1. The molecule has 16 aromatic heterocycles. The molecule has 20 rings (SSSR count). The summed E-state index contributed by atoms with van der Waals surface area (Å²) in [6, 6.07) is 43.0. The number of ketones is 1. The molecule has 16 heterocycles. The molecule has 46 heteroatoms. The monoisotopic (exact) mass is 1950 g/mol. The zero-order valence-corrected chi connectivity index (χ0v) is 72.9. The second-order valence-electron chi connectivity index (χ2n) is 30.6. The number of carbonyl (C=O) groups excluding carboxylic acids is 1. The molecule has 0 atom stereocenters. The van der Waals surface area contributed by atoms with Gasteiger partial charge < -0.3 is 4.85 Å². The number of rotatable bonds is 12. The van der Waals surface area contributed by atoms with Crippen molar-refractivity contribution in [2.45, 2.75) is 48.1 Å². The highest BCUT2D eigenvalue weighted by molar-refractivity contribution is 7.98. The smallest absolute Gasteiger partial charge is 0.361 e. The van der Waals surface area contributed by atoms with Crippen molar-refractivity contribution >= 4 is 121 Å². The van der Waals surface area contributed by atoms with Crippen LogP contribution in [0.4, 0.5) is 58.5 Å². The Labute approximate surface area is 775 Å². The van der Waals surface area contributed by atoms with Crippen LogP contribution in [-0.2, 0) is 45.8 Å². The van der Waals surface area contributed by atoms with Crippen LogP contribution in [0.15, 0.2) is 292 Å². The fraction of sp³-hybridized carbons (Fsp3) is 0.0851. The Kier molecular flexibility index (Phi) is 24.6. The zero-order valence-electron chi connectivity index (χ0n) is 71.2. The lowest BCUT2D eigenvalue weighted by Gasteiger charge is -2.14. The highest BCUT2D eigenvalue weighted by Gasteiger charge is 2.35. The first-order chi connectivity index (χ1) is 66.6. The molecule has 0 radical (unpaired) electrons. The van der Waals surface area contributed by atoms with Gasteiger partial charge in [-0.15, -0.1) is 16.7 Å². The quantitative estimate of drug-likeness (QED) is 0.0382. The first-order valence-corrected chi connectivity index (χ1v) is 43.6. The molecule has 140 heavy (non-hydrogen) atoms. The van der Waals surface area contributed by atoms with Gasteiger partial charge in [-0.25, -0.2) is 57.5 Å². The van der Waals surface area contributed by atoms with E-state index in [1.165, 1.54) is 123 Å². The summed E-state index contributed by atoms with van der Waals surface area (Å²) >= 11 is 1.48. The van der Waals surface area contributed by atoms with Gasteiger partial charge in [0.15, 0.2) is 14.9 Å². The molecule has 0 amide bonds. The molecule has 0 aliphatic heterocycles. The van der Waals surface area contributed by atoms with Gasteiger partial charge in [0.05, 0.1) is 138 Å². The summed E-state index contributed by atoms with van der Waals surface area (Å²) in [7, 11) is -3.52. The summed E-state index contributed by atoms with van der Waals surface area (Å²) < 4.78 is 187. The maximum absolute atomic E-state index is 13.4. The average molecular weight is 1950 g/mol. The number of hydrogen-bond donors (Lipinski definition) is 4. The third kappa shape index (κ3) is 18.9. The van der Waals surface area contributed by atoms with Crippen LogP contribution >= 0.6 is 11.8 Å². The fourth-order valence-corrected chi connectivity index (χ4v) is 15.8. The molecule has 32 nitrogen and oxygen atoms in total. The zero-order chi connectivity index (χ0) is 99.5. The summed E-state index contributed by atoms with van der Waals surface area (Å²) in [6.07, 6.45) is -4.50. The number of fused-ring (bicyclic) bond motifs is 12. The second-order valence-corrected chi connectivity index (χ2v) is 33.4. The van der Waals surface area contributed by atoms with Gasteiger partial charge in [0.2, 0.25) is 0 Å². The van der Waals surface area contributed by atoms with Crippen LogP contribution in [0.5, 0.6) is 0 Å². The van der Waals surface area contributed by atoms with Crippen LogP contribution in [0.1, 0.15) is 34.9 Å². The van der Waals surface area contributed by atoms with Gasteiger partial charge in [0.25, 0.3) is 28.1 Å². The predicted octanol–water partition coefficient (Wildman–Crippen LogP) is 15.6. The summed E-state index contributed by atoms with van der Waals surface area (Å²) in [5.41, 5.74) is -4.35. The number of benzene rings is 4. The molecule has 0 saturated carbocycles. The maximum Gasteiger partial charge on any atom is 0.416 e. The number of halogens is 12. The summed E-state index contributed by atoms with van der Waals surface area (Å²) in [4.78, 5) is 176. The molecule has 0 unspecified atom stereocenters. The van der Waals surface area contributed by atoms with Crippen molar-refractivity contribution in [2.24, 2.45) is 0 Å². The van der Waals surface area contributed by atoms with E-state index in [-0.39, 0.29) is 117 Å². The van der Waals surface area contributed by atoms with Crippen molar-refractivity contribution in [2.75, 3.05) is 12.5 Å².